The zero-order valence-corrected chi connectivity index (χ0v) is 19.0. The van der Waals surface area contributed by atoms with Crippen LogP contribution in [0.4, 0.5) is 0 Å². The zero-order valence-electron chi connectivity index (χ0n) is 16.7. The van der Waals surface area contributed by atoms with E-state index < -0.39 is 0 Å². The van der Waals surface area contributed by atoms with Gasteiger partial charge in [-0.05, 0) is 38.0 Å². The van der Waals surface area contributed by atoms with Crippen LogP contribution in [0.25, 0.3) is 0 Å². The van der Waals surface area contributed by atoms with Gasteiger partial charge in [-0.15, -0.1) is 24.0 Å². The maximum Gasteiger partial charge on any atom is 0.193 e. The number of nitrogens with zero attached hydrogens (tertiary/aromatic N) is 3. The van der Waals surface area contributed by atoms with Gasteiger partial charge in [-0.2, -0.15) is 0 Å². The van der Waals surface area contributed by atoms with Crippen LogP contribution in [0.3, 0.4) is 0 Å². The summed E-state index contributed by atoms with van der Waals surface area (Å²) in [6.07, 6.45) is 5.72. The first-order valence-electron chi connectivity index (χ1n) is 9.62. The molecule has 0 amide bonds. The van der Waals surface area contributed by atoms with Gasteiger partial charge in [-0.25, -0.2) is 0 Å². The lowest BCUT2D eigenvalue weighted by Gasteiger charge is -2.26. The Labute approximate surface area is 175 Å². The summed E-state index contributed by atoms with van der Waals surface area (Å²) in [7, 11) is 3.91. The van der Waals surface area contributed by atoms with Crippen LogP contribution in [0.15, 0.2) is 15.6 Å². The maximum absolute atomic E-state index is 5.48. The van der Waals surface area contributed by atoms with Crippen LogP contribution in [0.5, 0.6) is 0 Å². The first kappa shape index (κ1) is 23.2. The van der Waals surface area contributed by atoms with E-state index in [1.54, 1.807) is 0 Å². The number of ether oxygens (including phenoxy) is 1. The van der Waals surface area contributed by atoms with Gasteiger partial charge in [0.05, 0.1) is 12.2 Å². The van der Waals surface area contributed by atoms with Gasteiger partial charge >= 0.3 is 0 Å². The summed E-state index contributed by atoms with van der Waals surface area (Å²) in [4.78, 5) is 6.57. The molecule has 1 saturated heterocycles. The second-order valence-electron chi connectivity index (χ2n) is 6.90. The lowest BCUT2D eigenvalue weighted by molar-refractivity contribution is 0.0625. The Morgan fingerprint density at radius 2 is 2.04 bits per heavy atom. The van der Waals surface area contributed by atoms with Gasteiger partial charge in [0.1, 0.15) is 0 Å². The highest BCUT2D eigenvalue weighted by Gasteiger charge is 2.16. The van der Waals surface area contributed by atoms with E-state index in [9.17, 15) is 0 Å². The van der Waals surface area contributed by atoms with Gasteiger partial charge in [0, 0.05) is 45.8 Å². The van der Waals surface area contributed by atoms with Crippen LogP contribution in [-0.4, -0.2) is 49.9 Å². The van der Waals surface area contributed by atoms with Gasteiger partial charge in [-0.3, -0.25) is 4.99 Å². The van der Waals surface area contributed by atoms with Crippen molar-refractivity contribution < 1.29 is 9.26 Å². The van der Waals surface area contributed by atoms with Crippen molar-refractivity contribution in [3.63, 3.8) is 0 Å². The molecule has 0 atom stereocenters. The van der Waals surface area contributed by atoms with Crippen molar-refractivity contribution in [3.05, 3.63) is 17.5 Å². The van der Waals surface area contributed by atoms with Gasteiger partial charge in [-0.1, -0.05) is 19.0 Å². The van der Waals surface area contributed by atoms with Crippen molar-refractivity contribution in [2.75, 3.05) is 33.9 Å². The highest BCUT2D eigenvalue weighted by atomic mass is 127. The second-order valence-corrected chi connectivity index (χ2v) is 6.90. The fourth-order valence-corrected chi connectivity index (χ4v) is 3.38. The molecule has 6 nitrogen and oxygen atoms in total. The molecule has 7 heteroatoms. The number of rotatable bonds is 8. The average Bonchev–Trinajstić information content (AvgIpc) is 3.11. The van der Waals surface area contributed by atoms with Crippen LogP contribution in [0.2, 0.25) is 0 Å². The fraction of sp³-hybridized carbons (Fsp3) is 0.789. The maximum atomic E-state index is 5.48. The Hall–Kier alpha value is -0.830. The molecule has 0 spiro atoms. The van der Waals surface area contributed by atoms with E-state index in [0.29, 0.717) is 12.5 Å². The molecular weight excluding hydrogens is 443 g/mol. The summed E-state index contributed by atoms with van der Waals surface area (Å²) in [6, 6.07) is 2.07. The highest BCUT2D eigenvalue weighted by Crippen LogP contribution is 2.22. The van der Waals surface area contributed by atoms with Crippen LogP contribution in [0.1, 0.15) is 63.3 Å². The molecule has 2 rings (SSSR count). The standard InChI is InChI=1S/C19H34N4O2.HI/c1-5-16(6-2)18-13-17(25-22-18)14-21-19(20-3)23(4)10-7-15-8-11-24-12-9-15;/h13,15-16H,5-12,14H2,1-4H3,(H,20,21);1H. The molecule has 150 valence electrons. The third kappa shape index (κ3) is 7.06. The third-order valence-electron chi connectivity index (χ3n) is 5.19. The molecule has 1 N–H and O–H groups in total. The summed E-state index contributed by atoms with van der Waals surface area (Å²) in [6.45, 7) is 7.81. The first-order valence-corrected chi connectivity index (χ1v) is 9.62. The minimum Gasteiger partial charge on any atom is -0.381 e. The highest BCUT2D eigenvalue weighted by molar-refractivity contribution is 14.0. The monoisotopic (exact) mass is 478 g/mol. The summed E-state index contributed by atoms with van der Waals surface area (Å²) in [5.41, 5.74) is 1.06. The molecule has 1 fully saturated rings. The van der Waals surface area contributed by atoms with Crippen LogP contribution < -0.4 is 5.32 Å². The van der Waals surface area contributed by atoms with Crippen molar-refractivity contribution >= 4 is 29.9 Å². The zero-order chi connectivity index (χ0) is 18.1. The van der Waals surface area contributed by atoms with Crippen molar-refractivity contribution in [1.82, 2.24) is 15.4 Å². The SMILES string of the molecule is CCC(CC)c1cc(CNC(=NC)N(C)CCC2CCOCC2)on1.I. The largest absolute Gasteiger partial charge is 0.381 e. The number of aromatic nitrogens is 1. The molecule has 1 aliphatic rings. The van der Waals surface area contributed by atoms with Crippen molar-refractivity contribution in [3.8, 4) is 0 Å². The third-order valence-corrected chi connectivity index (χ3v) is 5.19. The molecule has 0 aromatic carbocycles. The summed E-state index contributed by atoms with van der Waals surface area (Å²) in [5, 5.41) is 7.60. The Morgan fingerprint density at radius 3 is 2.65 bits per heavy atom. The van der Waals surface area contributed by atoms with Crippen LogP contribution in [0, 0.1) is 5.92 Å². The Morgan fingerprint density at radius 1 is 1.35 bits per heavy atom. The molecule has 1 aromatic rings. The molecule has 0 radical (unpaired) electrons. The number of halogens is 1. The number of guanidine groups is 1. The smallest absolute Gasteiger partial charge is 0.193 e. The molecule has 1 aromatic heterocycles. The Balaban J connectivity index is 0.00000338. The summed E-state index contributed by atoms with van der Waals surface area (Å²) >= 11 is 0. The molecular formula is C19H35IN4O2. The van der Waals surface area contributed by atoms with E-state index in [1.807, 2.05) is 7.05 Å². The topological polar surface area (TPSA) is 62.9 Å². The fourth-order valence-electron chi connectivity index (χ4n) is 3.38. The Bertz CT molecular complexity index is 525. The van der Waals surface area contributed by atoms with E-state index in [1.165, 1.54) is 19.3 Å². The lowest BCUT2D eigenvalue weighted by atomic mass is 9.96. The van der Waals surface area contributed by atoms with Crippen molar-refractivity contribution in [2.45, 2.75) is 58.4 Å². The Kier molecular flexibility index (Phi) is 11.2. The van der Waals surface area contributed by atoms with Crippen molar-refractivity contribution in [1.29, 1.82) is 0 Å². The van der Waals surface area contributed by atoms with Crippen LogP contribution >= 0.6 is 24.0 Å². The predicted molar refractivity (Wildman–Crippen MR) is 116 cm³/mol. The lowest BCUT2D eigenvalue weighted by Crippen LogP contribution is -2.39. The summed E-state index contributed by atoms with van der Waals surface area (Å²) < 4.78 is 10.9. The molecule has 1 aliphatic heterocycles. The van der Waals surface area contributed by atoms with Gasteiger partial charge in [0.15, 0.2) is 11.7 Å². The normalized spacial score (nSPS) is 15.8. The molecule has 0 aliphatic carbocycles. The van der Waals surface area contributed by atoms with E-state index in [0.717, 1.165) is 55.9 Å². The molecule has 0 bridgehead atoms. The predicted octanol–water partition coefficient (Wildman–Crippen LogP) is 4.02. The quantitative estimate of drug-likeness (QED) is 0.348. The van der Waals surface area contributed by atoms with E-state index >= 15 is 0 Å². The number of aliphatic imine (C=N–C) groups is 1. The molecule has 2 heterocycles. The minimum absolute atomic E-state index is 0. The van der Waals surface area contributed by atoms with Gasteiger partial charge in [0.25, 0.3) is 0 Å². The van der Waals surface area contributed by atoms with Gasteiger partial charge in [0.2, 0.25) is 0 Å². The molecule has 26 heavy (non-hydrogen) atoms. The van der Waals surface area contributed by atoms with Crippen molar-refractivity contribution in [2.24, 2.45) is 10.9 Å². The number of hydrogen-bond donors (Lipinski definition) is 1. The molecule has 0 saturated carbocycles. The minimum atomic E-state index is 0. The van der Waals surface area contributed by atoms with Gasteiger partial charge < -0.3 is 19.5 Å². The van der Waals surface area contributed by atoms with E-state index in [4.69, 9.17) is 9.26 Å². The second kappa shape index (κ2) is 12.5. The molecule has 0 unspecified atom stereocenters. The first-order chi connectivity index (χ1) is 12.2. The number of nitrogens with one attached hydrogen (secondary N) is 1. The van der Waals surface area contributed by atoms with Crippen LogP contribution in [-0.2, 0) is 11.3 Å². The van der Waals surface area contributed by atoms with E-state index in [2.05, 4.69) is 47.3 Å². The van der Waals surface area contributed by atoms with E-state index in [-0.39, 0.29) is 24.0 Å². The summed E-state index contributed by atoms with van der Waals surface area (Å²) in [5.74, 6) is 3.01. The number of hydrogen-bond acceptors (Lipinski definition) is 4. The average molecular weight is 478 g/mol.